The molecule has 2 aromatic carbocycles. The fourth-order valence-corrected chi connectivity index (χ4v) is 4.41. The maximum atomic E-state index is 12.4. The van der Waals surface area contributed by atoms with E-state index >= 15 is 0 Å². The van der Waals surface area contributed by atoms with E-state index in [1.165, 1.54) is 27.4 Å². The molecule has 1 aliphatic rings. The van der Waals surface area contributed by atoms with Gasteiger partial charge in [-0.15, -0.1) is 0 Å². The van der Waals surface area contributed by atoms with Crippen molar-refractivity contribution in [3.8, 4) is 11.5 Å². The summed E-state index contributed by atoms with van der Waals surface area (Å²) in [4.78, 5) is 19.0. The fraction of sp³-hybridized carbons (Fsp3) is 0.333. The van der Waals surface area contributed by atoms with Crippen molar-refractivity contribution < 1.29 is 9.21 Å². The summed E-state index contributed by atoms with van der Waals surface area (Å²) in [6, 6.07) is 11.0. The van der Waals surface area contributed by atoms with Crippen molar-refractivity contribution in [3.05, 3.63) is 53.9 Å². The number of fused-ring (bicyclic) bond motifs is 5. The summed E-state index contributed by atoms with van der Waals surface area (Å²) in [7, 11) is 2.16. The molecule has 0 fully saturated rings. The molecule has 4 aromatic rings. The van der Waals surface area contributed by atoms with E-state index in [1.807, 2.05) is 6.07 Å². The highest BCUT2D eigenvalue weighted by atomic mass is 16.3. The number of aromatic nitrogens is 2. The molecule has 0 saturated carbocycles. The zero-order valence-corrected chi connectivity index (χ0v) is 17.1. The lowest BCUT2D eigenvalue weighted by atomic mass is 10.0. The van der Waals surface area contributed by atoms with Gasteiger partial charge in [0.1, 0.15) is 6.26 Å². The number of rotatable bonds is 5. The van der Waals surface area contributed by atoms with Crippen LogP contribution in [0.15, 0.2) is 47.2 Å². The third-order valence-electron chi connectivity index (χ3n) is 6.28. The summed E-state index contributed by atoms with van der Waals surface area (Å²) in [6.07, 6.45) is 4.69. The minimum atomic E-state index is 0.256. The molecule has 0 radical (unpaired) electrons. The predicted octanol–water partition coefficient (Wildman–Crippen LogP) is 4.92. The molecule has 5 nitrogen and oxygen atoms in total. The van der Waals surface area contributed by atoms with Gasteiger partial charge in [0, 0.05) is 58.5 Å². The number of Topliss-reactive ketones (excluding diaryl/α,β-unsaturated/α-hetero) is 1. The minimum absolute atomic E-state index is 0.256. The summed E-state index contributed by atoms with van der Waals surface area (Å²) in [5, 5.41) is 2.39. The predicted molar refractivity (Wildman–Crippen MR) is 115 cm³/mol. The van der Waals surface area contributed by atoms with Crippen LogP contribution in [0.4, 0.5) is 0 Å². The van der Waals surface area contributed by atoms with Crippen LogP contribution >= 0.6 is 0 Å². The molecule has 5 rings (SSSR count). The number of oxazole rings is 1. The van der Waals surface area contributed by atoms with Gasteiger partial charge in [-0.2, -0.15) is 0 Å². The van der Waals surface area contributed by atoms with Crippen LogP contribution in [0.2, 0.25) is 0 Å². The van der Waals surface area contributed by atoms with E-state index < -0.39 is 0 Å². The number of hydrogen-bond donors (Lipinski definition) is 0. The number of likely N-dealkylation sites (N-methyl/N-ethyl adjacent to an activating group) is 1. The first-order chi connectivity index (χ1) is 14.0. The van der Waals surface area contributed by atoms with Crippen molar-refractivity contribution in [2.75, 3.05) is 13.6 Å². The van der Waals surface area contributed by atoms with E-state index in [2.05, 4.69) is 59.6 Å². The maximum Gasteiger partial charge on any atom is 0.225 e. The quantitative estimate of drug-likeness (QED) is 0.488. The first-order valence-corrected chi connectivity index (χ1v) is 10.3. The standard InChI is InChI=1S/C24H25N3O2/c1-15(2)26(3)11-12-27-20-7-4-16(24-25-10-13-29-24)14-19(20)23-18-6-9-22(28)17(18)5-8-21(23)27/h4-5,7-8,10,13-15H,6,9,11-12H2,1-3H3. The Kier molecular flexibility index (Phi) is 4.28. The van der Waals surface area contributed by atoms with Crippen LogP contribution in [0.1, 0.15) is 36.2 Å². The van der Waals surface area contributed by atoms with Gasteiger partial charge in [0.05, 0.1) is 6.20 Å². The Hall–Kier alpha value is -2.92. The van der Waals surface area contributed by atoms with Crippen molar-refractivity contribution in [1.82, 2.24) is 14.5 Å². The first kappa shape index (κ1) is 18.1. The fourth-order valence-electron chi connectivity index (χ4n) is 4.41. The summed E-state index contributed by atoms with van der Waals surface area (Å²) in [5.41, 5.74) is 5.44. The first-order valence-electron chi connectivity index (χ1n) is 10.3. The second kappa shape index (κ2) is 6.85. The van der Waals surface area contributed by atoms with Crippen LogP contribution in [0, 0.1) is 0 Å². The monoisotopic (exact) mass is 387 g/mol. The molecule has 0 N–H and O–H groups in total. The van der Waals surface area contributed by atoms with Crippen LogP contribution in [-0.2, 0) is 13.0 Å². The molecule has 0 aliphatic heterocycles. The maximum absolute atomic E-state index is 12.4. The average Bonchev–Trinajstić information content (AvgIpc) is 3.44. The Balaban J connectivity index is 1.74. The molecule has 0 spiro atoms. The lowest BCUT2D eigenvalue weighted by Gasteiger charge is -2.21. The van der Waals surface area contributed by atoms with E-state index in [4.69, 9.17) is 4.42 Å². The van der Waals surface area contributed by atoms with Crippen molar-refractivity contribution in [1.29, 1.82) is 0 Å². The van der Waals surface area contributed by atoms with Crippen LogP contribution in [-0.4, -0.2) is 39.9 Å². The molecular formula is C24H25N3O2. The Labute approximate surface area is 169 Å². The third kappa shape index (κ3) is 2.88. The van der Waals surface area contributed by atoms with Gasteiger partial charge in [-0.05, 0) is 63.2 Å². The van der Waals surface area contributed by atoms with Crippen molar-refractivity contribution in [2.24, 2.45) is 0 Å². The molecule has 2 aromatic heterocycles. The largest absolute Gasteiger partial charge is 0.445 e. The summed E-state index contributed by atoms with van der Waals surface area (Å²) in [5.74, 6) is 0.877. The van der Waals surface area contributed by atoms with Gasteiger partial charge >= 0.3 is 0 Å². The van der Waals surface area contributed by atoms with E-state index in [9.17, 15) is 4.79 Å². The van der Waals surface area contributed by atoms with Gasteiger partial charge in [0.15, 0.2) is 5.78 Å². The highest BCUT2D eigenvalue weighted by Gasteiger charge is 2.25. The zero-order chi connectivity index (χ0) is 20.1. The molecule has 5 heteroatoms. The number of aryl methyl sites for hydroxylation is 1. The SMILES string of the molecule is CC(C)N(C)CCn1c2ccc(-c3ncco3)cc2c2c3c(ccc21)C(=O)CC3. The van der Waals surface area contributed by atoms with Gasteiger partial charge in [-0.25, -0.2) is 4.98 Å². The molecule has 1 aliphatic carbocycles. The van der Waals surface area contributed by atoms with Gasteiger partial charge < -0.3 is 13.9 Å². The number of nitrogens with zero attached hydrogens (tertiary/aromatic N) is 3. The highest BCUT2D eigenvalue weighted by Crippen LogP contribution is 2.38. The molecular weight excluding hydrogens is 362 g/mol. The topological polar surface area (TPSA) is 51.3 Å². The van der Waals surface area contributed by atoms with Crippen LogP contribution in [0.3, 0.4) is 0 Å². The Bertz CT molecular complexity index is 1220. The van der Waals surface area contributed by atoms with Crippen molar-refractivity contribution >= 4 is 27.6 Å². The lowest BCUT2D eigenvalue weighted by Crippen LogP contribution is -2.29. The normalized spacial score (nSPS) is 14.0. The second-order valence-corrected chi connectivity index (χ2v) is 8.20. The summed E-state index contributed by atoms with van der Waals surface area (Å²) >= 11 is 0. The van der Waals surface area contributed by atoms with Gasteiger partial charge in [-0.1, -0.05) is 0 Å². The number of ketones is 1. The average molecular weight is 387 g/mol. The van der Waals surface area contributed by atoms with E-state index in [0.29, 0.717) is 18.4 Å². The molecule has 0 bridgehead atoms. The number of carbonyl (C=O) groups is 1. The molecule has 0 amide bonds. The zero-order valence-electron chi connectivity index (χ0n) is 17.1. The van der Waals surface area contributed by atoms with E-state index in [0.717, 1.165) is 30.6 Å². The van der Waals surface area contributed by atoms with Crippen LogP contribution in [0.25, 0.3) is 33.3 Å². The number of hydrogen-bond acceptors (Lipinski definition) is 4. The van der Waals surface area contributed by atoms with Gasteiger partial charge in [-0.3, -0.25) is 4.79 Å². The van der Waals surface area contributed by atoms with Gasteiger partial charge in [0.25, 0.3) is 0 Å². The van der Waals surface area contributed by atoms with Crippen LogP contribution in [0.5, 0.6) is 0 Å². The molecule has 0 unspecified atom stereocenters. The number of benzene rings is 2. The Morgan fingerprint density at radius 1 is 1.17 bits per heavy atom. The second-order valence-electron chi connectivity index (χ2n) is 8.20. The molecule has 148 valence electrons. The Morgan fingerprint density at radius 2 is 2.00 bits per heavy atom. The third-order valence-corrected chi connectivity index (χ3v) is 6.28. The summed E-state index contributed by atoms with van der Waals surface area (Å²) < 4.78 is 7.92. The van der Waals surface area contributed by atoms with Crippen molar-refractivity contribution in [3.63, 3.8) is 0 Å². The van der Waals surface area contributed by atoms with Gasteiger partial charge in [0.2, 0.25) is 5.89 Å². The molecule has 29 heavy (non-hydrogen) atoms. The summed E-state index contributed by atoms with van der Waals surface area (Å²) in [6.45, 7) is 6.30. The molecule has 0 saturated heterocycles. The van der Waals surface area contributed by atoms with E-state index in [-0.39, 0.29) is 5.78 Å². The smallest absolute Gasteiger partial charge is 0.225 e. The Morgan fingerprint density at radius 3 is 2.76 bits per heavy atom. The highest BCUT2D eigenvalue weighted by molar-refractivity contribution is 6.15. The number of carbonyl (C=O) groups excluding carboxylic acids is 1. The lowest BCUT2D eigenvalue weighted by molar-refractivity contribution is 0.0994. The molecule has 0 atom stereocenters. The van der Waals surface area contributed by atoms with Crippen LogP contribution < -0.4 is 0 Å². The van der Waals surface area contributed by atoms with Crippen molar-refractivity contribution in [2.45, 2.75) is 39.3 Å². The van der Waals surface area contributed by atoms with E-state index in [1.54, 1.807) is 12.5 Å². The minimum Gasteiger partial charge on any atom is -0.445 e. The molecule has 2 heterocycles.